The van der Waals surface area contributed by atoms with E-state index >= 15 is 0 Å². The molecule has 0 saturated carbocycles. The fourth-order valence-corrected chi connectivity index (χ4v) is 2.68. The highest BCUT2D eigenvalue weighted by Gasteiger charge is 2.51. The second-order valence-corrected chi connectivity index (χ2v) is 5.64. The molecule has 8 nitrogen and oxygen atoms in total. The molecule has 24 heavy (non-hydrogen) atoms. The summed E-state index contributed by atoms with van der Waals surface area (Å²) >= 11 is 0. The third kappa shape index (κ3) is 5.76. The maximum atomic E-state index is 11.5. The Labute approximate surface area is 141 Å². The topological polar surface area (TPSA) is 97.4 Å². The second kappa shape index (κ2) is 9.58. The number of unbranched alkanes of at least 4 members (excludes halogenated alkanes) is 1. The van der Waals surface area contributed by atoms with Crippen LogP contribution in [0.2, 0.25) is 0 Å². The largest absolute Gasteiger partial charge is 0.456 e. The van der Waals surface area contributed by atoms with Crippen molar-refractivity contribution >= 4 is 17.9 Å². The lowest BCUT2D eigenvalue weighted by molar-refractivity contribution is -0.299. The van der Waals surface area contributed by atoms with Gasteiger partial charge in [0.25, 0.3) is 0 Å². The highest BCUT2D eigenvalue weighted by atomic mass is 16.7. The highest BCUT2D eigenvalue weighted by Crippen LogP contribution is 2.31. The Morgan fingerprint density at radius 2 is 1.38 bits per heavy atom. The molecule has 0 radical (unpaired) electrons. The van der Waals surface area contributed by atoms with Crippen molar-refractivity contribution in [3.8, 4) is 0 Å². The van der Waals surface area contributed by atoms with E-state index in [1.165, 1.54) is 27.9 Å². The first-order valence-electron chi connectivity index (χ1n) is 8.00. The van der Waals surface area contributed by atoms with Gasteiger partial charge in [-0.15, -0.1) is 0 Å². The van der Waals surface area contributed by atoms with Crippen LogP contribution in [0.25, 0.3) is 0 Å². The van der Waals surface area contributed by atoms with E-state index in [1.807, 2.05) is 6.92 Å². The Morgan fingerprint density at radius 1 is 0.875 bits per heavy atom. The van der Waals surface area contributed by atoms with Crippen LogP contribution in [0.5, 0.6) is 0 Å². The number of carbonyl (C=O) groups excluding carboxylic acids is 3. The summed E-state index contributed by atoms with van der Waals surface area (Å²) in [5.41, 5.74) is 0. The van der Waals surface area contributed by atoms with E-state index in [-0.39, 0.29) is 0 Å². The molecular formula is C16H26O8. The Balaban J connectivity index is 3.15. The Kier molecular flexibility index (Phi) is 8.14. The van der Waals surface area contributed by atoms with E-state index in [0.717, 1.165) is 12.8 Å². The molecule has 0 N–H and O–H groups in total. The Bertz CT molecular complexity index is 449. The summed E-state index contributed by atoms with van der Waals surface area (Å²) in [6.45, 7) is 5.73. The molecule has 1 aliphatic rings. The van der Waals surface area contributed by atoms with Crippen LogP contribution in [0.15, 0.2) is 0 Å². The molecule has 0 aromatic rings. The van der Waals surface area contributed by atoms with Crippen LogP contribution in [0, 0.1) is 0 Å². The molecule has 1 fully saturated rings. The van der Waals surface area contributed by atoms with Crippen molar-refractivity contribution in [2.45, 2.75) is 77.7 Å². The van der Waals surface area contributed by atoms with Crippen LogP contribution in [0.3, 0.4) is 0 Å². The van der Waals surface area contributed by atoms with Crippen molar-refractivity contribution in [3.63, 3.8) is 0 Å². The van der Waals surface area contributed by atoms with E-state index < -0.39 is 48.6 Å². The molecule has 0 aromatic heterocycles. The molecule has 0 unspecified atom stereocenters. The van der Waals surface area contributed by atoms with Gasteiger partial charge >= 0.3 is 17.9 Å². The SMILES string of the molecule is CCCC[C@@H]1O[C@@H](OC)[C@@H](OC(C)=O)[C@H](OC(C)=O)[C@H]1OC(C)=O. The average Bonchev–Trinajstić information content (AvgIpc) is 2.48. The maximum Gasteiger partial charge on any atom is 0.303 e. The third-order valence-corrected chi connectivity index (χ3v) is 3.57. The molecule has 1 aliphatic heterocycles. The van der Waals surface area contributed by atoms with Gasteiger partial charge in [-0.3, -0.25) is 14.4 Å². The van der Waals surface area contributed by atoms with Gasteiger partial charge in [0.2, 0.25) is 0 Å². The fraction of sp³-hybridized carbons (Fsp3) is 0.812. The second-order valence-electron chi connectivity index (χ2n) is 5.64. The molecule has 0 amide bonds. The molecule has 1 saturated heterocycles. The van der Waals surface area contributed by atoms with Crippen LogP contribution in [0.4, 0.5) is 0 Å². The molecule has 0 bridgehead atoms. The van der Waals surface area contributed by atoms with E-state index in [4.69, 9.17) is 23.7 Å². The first-order chi connectivity index (χ1) is 11.3. The van der Waals surface area contributed by atoms with Gasteiger partial charge in [-0.1, -0.05) is 19.8 Å². The van der Waals surface area contributed by atoms with Crippen LogP contribution in [-0.4, -0.2) is 55.7 Å². The van der Waals surface area contributed by atoms with Crippen molar-refractivity contribution in [1.29, 1.82) is 0 Å². The number of rotatable bonds is 7. The van der Waals surface area contributed by atoms with Crippen molar-refractivity contribution in [2.24, 2.45) is 0 Å². The third-order valence-electron chi connectivity index (χ3n) is 3.57. The molecule has 1 heterocycles. The lowest BCUT2D eigenvalue weighted by Crippen LogP contribution is -2.61. The number of hydrogen-bond acceptors (Lipinski definition) is 8. The normalized spacial score (nSPS) is 29.6. The smallest absolute Gasteiger partial charge is 0.303 e. The quantitative estimate of drug-likeness (QED) is 0.503. The lowest BCUT2D eigenvalue weighted by Gasteiger charge is -2.44. The van der Waals surface area contributed by atoms with Gasteiger partial charge < -0.3 is 23.7 Å². The summed E-state index contributed by atoms with van der Waals surface area (Å²) in [5, 5.41) is 0. The lowest BCUT2D eigenvalue weighted by atomic mass is 9.94. The predicted molar refractivity (Wildman–Crippen MR) is 81.9 cm³/mol. The zero-order valence-electron chi connectivity index (χ0n) is 14.8. The van der Waals surface area contributed by atoms with Gasteiger partial charge in [0, 0.05) is 27.9 Å². The Morgan fingerprint density at radius 3 is 1.83 bits per heavy atom. The summed E-state index contributed by atoms with van der Waals surface area (Å²) in [4.78, 5) is 34.4. The average molecular weight is 346 g/mol. The molecular weight excluding hydrogens is 320 g/mol. The van der Waals surface area contributed by atoms with E-state index in [2.05, 4.69) is 0 Å². The van der Waals surface area contributed by atoms with Crippen LogP contribution in [0.1, 0.15) is 47.0 Å². The van der Waals surface area contributed by atoms with Crippen LogP contribution < -0.4 is 0 Å². The molecule has 0 spiro atoms. The number of ether oxygens (including phenoxy) is 5. The summed E-state index contributed by atoms with van der Waals surface area (Å²) < 4.78 is 26.9. The van der Waals surface area contributed by atoms with E-state index in [1.54, 1.807) is 0 Å². The van der Waals surface area contributed by atoms with Gasteiger partial charge in [0.05, 0.1) is 0 Å². The van der Waals surface area contributed by atoms with Crippen molar-refractivity contribution in [1.82, 2.24) is 0 Å². The number of methoxy groups -OCH3 is 1. The first-order valence-corrected chi connectivity index (χ1v) is 8.00. The minimum atomic E-state index is -1.03. The zero-order chi connectivity index (χ0) is 18.3. The van der Waals surface area contributed by atoms with Gasteiger partial charge in [-0.2, -0.15) is 0 Å². The molecule has 138 valence electrons. The number of esters is 3. The fourth-order valence-electron chi connectivity index (χ4n) is 2.68. The van der Waals surface area contributed by atoms with Crippen molar-refractivity contribution < 1.29 is 38.1 Å². The zero-order valence-corrected chi connectivity index (χ0v) is 14.8. The summed E-state index contributed by atoms with van der Waals surface area (Å²) in [5.74, 6) is -1.71. The van der Waals surface area contributed by atoms with E-state index in [9.17, 15) is 14.4 Å². The molecule has 8 heteroatoms. The number of hydrogen-bond donors (Lipinski definition) is 0. The van der Waals surface area contributed by atoms with Crippen molar-refractivity contribution in [3.05, 3.63) is 0 Å². The van der Waals surface area contributed by atoms with Crippen LogP contribution >= 0.6 is 0 Å². The van der Waals surface area contributed by atoms with Gasteiger partial charge in [-0.25, -0.2) is 0 Å². The minimum Gasteiger partial charge on any atom is -0.456 e. The summed E-state index contributed by atoms with van der Waals surface area (Å²) in [6, 6.07) is 0. The maximum absolute atomic E-state index is 11.5. The molecule has 1 rings (SSSR count). The monoisotopic (exact) mass is 346 g/mol. The number of carbonyl (C=O) groups is 3. The summed E-state index contributed by atoms with van der Waals surface area (Å²) in [7, 11) is 1.40. The Hall–Kier alpha value is -1.67. The predicted octanol–water partition coefficient (Wildman–Crippen LogP) is 1.34. The van der Waals surface area contributed by atoms with Gasteiger partial charge in [0.15, 0.2) is 24.6 Å². The van der Waals surface area contributed by atoms with Crippen LogP contribution in [-0.2, 0) is 38.1 Å². The highest BCUT2D eigenvalue weighted by molar-refractivity contribution is 5.68. The van der Waals surface area contributed by atoms with Crippen molar-refractivity contribution in [2.75, 3.05) is 7.11 Å². The summed E-state index contributed by atoms with van der Waals surface area (Å²) in [6.07, 6.45) is -2.05. The molecule has 5 atom stereocenters. The minimum absolute atomic E-state index is 0.532. The van der Waals surface area contributed by atoms with Gasteiger partial charge in [-0.05, 0) is 6.42 Å². The molecule has 0 aliphatic carbocycles. The standard InChI is InChI=1S/C16H26O8/c1-6-7-8-12-13(21-9(2)17)14(22-10(3)18)15(23-11(4)19)16(20-5)24-12/h12-16H,6-8H2,1-5H3/t12-,13-,14+,15-,16+/m0/s1. The van der Waals surface area contributed by atoms with Gasteiger partial charge in [0.1, 0.15) is 6.10 Å². The van der Waals surface area contributed by atoms with E-state index in [0.29, 0.717) is 6.42 Å². The molecule has 0 aromatic carbocycles. The first kappa shape index (κ1) is 20.4.